The van der Waals surface area contributed by atoms with Crippen LogP contribution in [0.25, 0.3) is 16.3 Å². The van der Waals surface area contributed by atoms with Crippen molar-refractivity contribution in [3.05, 3.63) is 77.4 Å². The lowest BCUT2D eigenvalue weighted by molar-refractivity contribution is 0.106. The number of aromatic hydroxyl groups is 1. The standard InChI is InChI=1S/C20H14N2O2/c21-17-9-15(11-5-1-3-7-13(11)19(17)23)16-10-18(22)20(24)14-8-4-2-6-12(14)16/h1-10,21,24H,22H2. The normalized spacial score (nSPS) is 13.8. The maximum atomic E-state index is 12.2. The van der Waals surface area contributed by atoms with Crippen molar-refractivity contribution in [2.24, 2.45) is 0 Å². The van der Waals surface area contributed by atoms with Crippen LogP contribution in [0.1, 0.15) is 21.5 Å². The number of rotatable bonds is 1. The number of ketones is 1. The summed E-state index contributed by atoms with van der Waals surface area (Å²) in [6.45, 7) is 0. The highest BCUT2D eigenvalue weighted by Crippen LogP contribution is 2.40. The number of hydrogen-bond acceptors (Lipinski definition) is 4. The Morgan fingerprint density at radius 1 is 0.875 bits per heavy atom. The number of fused-ring (bicyclic) bond motifs is 2. The summed E-state index contributed by atoms with van der Waals surface area (Å²) in [5.74, 6) is -0.240. The summed E-state index contributed by atoms with van der Waals surface area (Å²) >= 11 is 0. The van der Waals surface area contributed by atoms with Gasteiger partial charge in [0.05, 0.1) is 5.69 Å². The lowest BCUT2D eigenvalue weighted by atomic mass is 9.83. The first kappa shape index (κ1) is 14.2. The molecule has 4 N–H and O–H groups in total. The van der Waals surface area contributed by atoms with Gasteiger partial charge in [-0.25, -0.2) is 0 Å². The van der Waals surface area contributed by atoms with Crippen molar-refractivity contribution in [1.82, 2.24) is 0 Å². The average Bonchev–Trinajstić information content (AvgIpc) is 2.61. The van der Waals surface area contributed by atoms with Crippen molar-refractivity contribution in [3.8, 4) is 5.75 Å². The van der Waals surface area contributed by atoms with Crippen LogP contribution in [-0.2, 0) is 0 Å². The van der Waals surface area contributed by atoms with E-state index < -0.39 is 0 Å². The zero-order valence-corrected chi connectivity index (χ0v) is 12.7. The molecule has 0 bridgehead atoms. The molecule has 0 fully saturated rings. The zero-order chi connectivity index (χ0) is 16.8. The Balaban J connectivity index is 2.09. The van der Waals surface area contributed by atoms with E-state index in [1.165, 1.54) is 0 Å². The first-order valence-corrected chi connectivity index (χ1v) is 7.53. The Bertz CT molecular complexity index is 1060. The fraction of sp³-hybridized carbons (Fsp3) is 0. The summed E-state index contributed by atoms with van der Waals surface area (Å²) in [5.41, 5.74) is 9.03. The minimum absolute atomic E-state index is 0.0465. The Morgan fingerprint density at radius 3 is 2.25 bits per heavy atom. The number of phenolic OH excluding ortho intramolecular Hbond substituents is 1. The summed E-state index contributed by atoms with van der Waals surface area (Å²) in [4.78, 5) is 12.2. The van der Waals surface area contributed by atoms with Crippen LogP contribution in [-0.4, -0.2) is 16.6 Å². The molecule has 3 aromatic rings. The summed E-state index contributed by atoms with van der Waals surface area (Å²) in [6.07, 6.45) is 1.57. The lowest BCUT2D eigenvalue weighted by Gasteiger charge is -2.20. The molecule has 0 atom stereocenters. The van der Waals surface area contributed by atoms with Gasteiger partial charge in [-0.3, -0.25) is 10.2 Å². The smallest absolute Gasteiger partial charge is 0.211 e. The molecule has 1 aliphatic carbocycles. The van der Waals surface area contributed by atoms with E-state index in [9.17, 15) is 9.90 Å². The van der Waals surface area contributed by atoms with Gasteiger partial charge >= 0.3 is 0 Å². The summed E-state index contributed by atoms with van der Waals surface area (Å²) in [6, 6.07) is 16.4. The van der Waals surface area contributed by atoms with Crippen LogP contribution >= 0.6 is 0 Å². The Labute approximate surface area is 138 Å². The molecule has 0 aromatic heterocycles. The van der Waals surface area contributed by atoms with Crippen molar-refractivity contribution >= 4 is 33.5 Å². The van der Waals surface area contributed by atoms with E-state index in [0.717, 1.165) is 22.1 Å². The van der Waals surface area contributed by atoms with Crippen molar-refractivity contribution in [2.75, 3.05) is 5.73 Å². The van der Waals surface area contributed by atoms with E-state index in [1.807, 2.05) is 30.3 Å². The number of nitrogen functional groups attached to an aromatic ring is 1. The zero-order valence-electron chi connectivity index (χ0n) is 12.7. The highest BCUT2D eigenvalue weighted by atomic mass is 16.3. The molecule has 24 heavy (non-hydrogen) atoms. The highest BCUT2D eigenvalue weighted by molar-refractivity contribution is 6.52. The number of hydrogen-bond donors (Lipinski definition) is 3. The molecule has 0 saturated heterocycles. The number of nitrogens with two attached hydrogens (primary N) is 1. The monoisotopic (exact) mass is 314 g/mol. The van der Waals surface area contributed by atoms with Gasteiger partial charge in [0.15, 0.2) is 0 Å². The predicted octanol–water partition coefficient (Wildman–Crippen LogP) is 3.78. The molecular formula is C20H14N2O2. The van der Waals surface area contributed by atoms with Crippen LogP contribution in [0.4, 0.5) is 5.69 Å². The quantitative estimate of drug-likeness (QED) is 0.472. The molecular weight excluding hydrogens is 300 g/mol. The van der Waals surface area contributed by atoms with Crippen molar-refractivity contribution in [3.63, 3.8) is 0 Å². The second-order valence-electron chi connectivity index (χ2n) is 5.75. The number of carbonyl (C=O) groups is 1. The number of anilines is 1. The molecule has 0 aliphatic heterocycles. The fourth-order valence-electron chi connectivity index (χ4n) is 3.18. The van der Waals surface area contributed by atoms with Crippen LogP contribution < -0.4 is 5.73 Å². The van der Waals surface area contributed by atoms with Crippen molar-refractivity contribution < 1.29 is 9.90 Å². The minimum Gasteiger partial charge on any atom is -0.505 e. The number of benzene rings is 3. The van der Waals surface area contributed by atoms with Gasteiger partial charge in [-0.1, -0.05) is 48.5 Å². The lowest BCUT2D eigenvalue weighted by Crippen LogP contribution is -2.18. The third-order valence-corrected chi connectivity index (χ3v) is 4.33. The molecule has 0 heterocycles. The summed E-state index contributed by atoms with van der Waals surface area (Å²) in [5, 5.41) is 19.7. The van der Waals surface area contributed by atoms with Gasteiger partial charge in [0.25, 0.3) is 0 Å². The van der Waals surface area contributed by atoms with Crippen molar-refractivity contribution in [1.29, 1.82) is 5.41 Å². The second kappa shape index (κ2) is 5.06. The SMILES string of the molecule is N=C1C=C(c2cc(N)c(O)c3ccccc23)c2ccccc2C1=O. The minimum atomic E-state index is -0.287. The van der Waals surface area contributed by atoms with Crippen LogP contribution in [0, 0.1) is 5.41 Å². The molecule has 4 heteroatoms. The van der Waals surface area contributed by atoms with Gasteiger partial charge in [-0.05, 0) is 34.2 Å². The summed E-state index contributed by atoms with van der Waals surface area (Å²) < 4.78 is 0. The van der Waals surface area contributed by atoms with Gasteiger partial charge in [-0.15, -0.1) is 0 Å². The Morgan fingerprint density at radius 2 is 1.50 bits per heavy atom. The molecule has 0 saturated carbocycles. The number of nitrogens with one attached hydrogen (secondary N) is 1. The highest BCUT2D eigenvalue weighted by Gasteiger charge is 2.25. The first-order chi connectivity index (χ1) is 11.6. The van der Waals surface area contributed by atoms with E-state index in [0.29, 0.717) is 10.9 Å². The van der Waals surface area contributed by atoms with Crippen LogP contribution in [0.2, 0.25) is 0 Å². The van der Waals surface area contributed by atoms with Gasteiger partial charge < -0.3 is 10.8 Å². The van der Waals surface area contributed by atoms with Crippen molar-refractivity contribution in [2.45, 2.75) is 0 Å². The van der Waals surface area contributed by atoms with Gasteiger partial charge in [0.2, 0.25) is 5.78 Å². The topological polar surface area (TPSA) is 87.2 Å². The predicted molar refractivity (Wildman–Crippen MR) is 95.6 cm³/mol. The third-order valence-electron chi connectivity index (χ3n) is 4.33. The van der Waals surface area contributed by atoms with Crippen LogP contribution in [0.5, 0.6) is 5.75 Å². The van der Waals surface area contributed by atoms with E-state index in [2.05, 4.69) is 0 Å². The molecule has 1 aliphatic rings. The molecule has 4 rings (SSSR count). The fourth-order valence-corrected chi connectivity index (χ4v) is 3.18. The van der Waals surface area contributed by atoms with E-state index >= 15 is 0 Å². The number of carbonyl (C=O) groups excluding carboxylic acids is 1. The second-order valence-corrected chi connectivity index (χ2v) is 5.75. The Kier molecular flexibility index (Phi) is 3.00. The number of allylic oxidation sites excluding steroid dienone is 1. The van der Waals surface area contributed by atoms with E-state index in [-0.39, 0.29) is 22.9 Å². The average molecular weight is 314 g/mol. The third kappa shape index (κ3) is 1.93. The number of Topliss-reactive ketones (excluding diaryl/α,β-unsaturated/α-hetero) is 1. The first-order valence-electron chi connectivity index (χ1n) is 7.53. The molecule has 3 aromatic carbocycles. The molecule has 4 nitrogen and oxygen atoms in total. The molecule has 0 amide bonds. The van der Waals surface area contributed by atoms with E-state index in [4.69, 9.17) is 11.1 Å². The molecule has 0 unspecified atom stereocenters. The number of phenols is 1. The largest absolute Gasteiger partial charge is 0.505 e. The van der Waals surface area contributed by atoms with Crippen LogP contribution in [0.3, 0.4) is 0 Å². The maximum absolute atomic E-state index is 12.2. The van der Waals surface area contributed by atoms with Gasteiger partial charge in [0.1, 0.15) is 11.5 Å². The maximum Gasteiger partial charge on any atom is 0.211 e. The van der Waals surface area contributed by atoms with E-state index in [1.54, 1.807) is 30.3 Å². The van der Waals surface area contributed by atoms with Crippen LogP contribution in [0.15, 0.2) is 60.7 Å². The molecule has 0 radical (unpaired) electrons. The molecule has 116 valence electrons. The Hall–Kier alpha value is -3.40. The van der Waals surface area contributed by atoms with Gasteiger partial charge in [0, 0.05) is 10.9 Å². The molecule has 0 spiro atoms. The summed E-state index contributed by atoms with van der Waals surface area (Å²) in [7, 11) is 0. The van der Waals surface area contributed by atoms with Gasteiger partial charge in [-0.2, -0.15) is 0 Å².